The van der Waals surface area contributed by atoms with Crippen molar-refractivity contribution in [2.75, 3.05) is 26.3 Å². The van der Waals surface area contributed by atoms with Crippen LogP contribution in [0.4, 0.5) is 0 Å². The van der Waals surface area contributed by atoms with E-state index in [1.807, 2.05) is 18.2 Å². The van der Waals surface area contributed by atoms with Gasteiger partial charge in [0, 0.05) is 32.2 Å². The lowest BCUT2D eigenvalue weighted by molar-refractivity contribution is -0.147. The fourth-order valence-corrected chi connectivity index (χ4v) is 3.37. The fraction of sp³-hybridized carbons (Fsp3) is 0.650. The maximum absolute atomic E-state index is 12.6. The first-order valence-electron chi connectivity index (χ1n) is 9.36. The highest BCUT2D eigenvalue weighted by Crippen LogP contribution is 2.27. The first-order chi connectivity index (χ1) is 12.0. The van der Waals surface area contributed by atoms with Crippen molar-refractivity contribution in [3.63, 3.8) is 0 Å². The minimum Gasteiger partial charge on any atom is -0.381 e. The summed E-state index contributed by atoms with van der Waals surface area (Å²) in [6.07, 6.45) is 1.44. The minimum absolute atomic E-state index is 0.0489. The number of carbonyl (C=O) groups is 1. The van der Waals surface area contributed by atoms with Gasteiger partial charge in [-0.1, -0.05) is 38.1 Å². The van der Waals surface area contributed by atoms with Crippen LogP contribution in [0.5, 0.6) is 0 Å². The van der Waals surface area contributed by atoms with E-state index in [-0.39, 0.29) is 11.8 Å². The summed E-state index contributed by atoms with van der Waals surface area (Å²) in [4.78, 5) is 14.9. The van der Waals surface area contributed by atoms with Gasteiger partial charge in [0.1, 0.15) is 5.60 Å². The summed E-state index contributed by atoms with van der Waals surface area (Å²) < 4.78 is 5.33. The Morgan fingerprint density at radius 1 is 1.24 bits per heavy atom. The SMILES string of the molecule is CCN(CC)Cc1ccccc1CNC(=O)C(C)(O)C1CCOCC1. The molecular weight excluding hydrogens is 316 g/mol. The molecule has 25 heavy (non-hydrogen) atoms. The molecule has 1 atom stereocenters. The summed E-state index contributed by atoms with van der Waals surface area (Å²) >= 11 is 0. The lowest BCUT2D eigenvalue weighted by Crippen LogP contribution is -2.51. The van der Waals surface area contributed by atoms with E-state index in [4.69, 9.17) is 4.74 Å². The molecule has 1 fully saturated rings. The number of amides is 1. The van der Waals surface area contributed by atoms with E-state index in [1.54, 1.807) is 6.92 Å². The molecule has 5 nitrogen and oxygen atoms in total. The monoisotopic (exact) mass is 348 g/mol. The summed E-state index contributed by atoms with van der Waals surface area (Å²) in [5, 5.41) is 13.6. The number of carbonyl (C=O) groups excluding carboxylic acids is 1. The van der Waals surface area contributed by atoms with Crippen molar-refractivity contribution in [2.24, 2.45) is 5.92 Å². The number of ether oxygens (including phenoxy) is 1. The van der Waals surface area contributed by atoms with Gasteiger partial charge in [-0.15, -0.1) is 0 Å². The van der Waals surface area contributed by atoms with Crippen LogP contribution in [-0.4, -0.2) is 47.8 Å². The van der Waals surface area contributed by atoms with Crippen molar-refractivity contribution in [1.82, 2.24) is 10.2 Å². The number of nitrogens with zero attached hydrogens (tertiary/aromatic N) is 1. The van der Waals surface area contributed by atoms with Crippen molar-refractivity contribution in [1.29, 1.82) is 0 Å². The topological polar surface area (TPSA) is 61.8 Å². The summed E-state index contributed by atoms with van der Waals surface area (Å²) in [6.45, 7) is 10.5. The number of aliphatic hydroxyl groups is 1. The van der Waals surface area contributed by atoms with Gasteiger partial charge in [-0.3, -0.25) is 9.69 Å². The molecule has 140 valence electrons. The molecule has 0 bridgehead atoms. The number of benzene rings is 1. The van der Waals surface area contributed by atoms with Crippen molar-refractivity contribution in [3.8, 4) is 0 Å². The first kappa shape index (κ1) is 19.9. The molecule has 2 N–H and O–H groups in total. The lowest BCUT2D eigenvalue weighted by Gasteiger charge is -2.34. The highest BCUT2D eigenvalue weighted by molar-refractivity contribution is 5.84. The number of hydrogen-bond donors (Lipinski definition) is 2. The van der Waals surface area contributed by atoms with Gasteiger partial charge < -0.3 is 15.2 Å². The first-order valence-corrected chi connectivity index (χ1v) is 9.36. The highest BCUT2D eigenvalue weighted by Gasteiger charge is 2.39. The van der Waals surface area contributed by atoms with Crippen LogP contribution >= 0.6 is 0 Å². The quantitative estimate of drug-likeness (QED) is 0.757. The van der Waals surface area contributed by atoms with Gasteiger partial charge in [0.25, 0.3) is 5.91 Å². The van der Waals surface area contributed by atoms with Crippen LogP contribution in [0.3, 0.4) is 0 Å². The molecule has 1 aliphatic heterocycles. The Bertz CT molecular complexity index is 550. The van der Waals surface area contributed by atoms with Crippen molar-refractivity contribution < 1.29 is 14.6 Å². The van der Waals surface area contributed by atoms with Gasteiger partial charge >= 0.3 is 0 Å². The molecule has 1 aromatic carbocycles. The van der Waals surface area contributed by atoms with Gasteiger partial charge in [0.05, 0.1) is 0 Å². The summed E-state index contributed by atoms with van der Waals surface area (Å²) in [6, 6.07) is 8.17. The zero-order valence-electron chi connectivity index (χ0n) is 15.8. The summed E-state index contributed by atoms with van der Waals surface area (Å²) in [7, 11) is 0. The third-order valence-electron chi connectivity index (χ3n) is 5.32. The zero-order chi connectivity index (χ0) is 18.3. The Labute approximate surface area is 151 Å². The van der Waals surface area contributed by atoms with Gasteiger partial charge in [-0.05, 0) is 44.0 Å². The molecular formula is C20H32N2O3. The van der Waals surface area contributed by atoms with Crippen LogP contribution in [0.15, 0.2) is 24.3 Å². The van der Waals surface area contributed by atoms with Crippen LogP contribution < -0.4 is 5.32 Å². The largest absolute Gasteiger partial charge is 0.381 e. The molecule has 1 amide bonds. The molecule has 1 aliphatic rings. The van der Waals surface area contributed by atoms with E-state index in [9.17, 15) is 9.90 Å². The van der Waals surface area contributed by atoms with E-state index in [0.29, 0.717) is 19.8 Å². The van der Waals surface area contributed by atoms with Gasteiger partial charge in [0.2, 0.25) is 0 Å². The molecule has 5 heteroatoms. The maximum atomic E-state index is 12.6. The predicted octanol–water partition coefficient (Wildman–Crippen LogP) is 2.32. The standard InChI is InChI=1S/C20H32N2O3/c1-4-22(5-2)15-17-9-7-6-8-16(17)14-21-19(23)20(3,24)18-10-12-25-13-11-18/h6-9,18,24H,4-5,10-15H2,1-3H3,(H,21,23). The van der Waals surface area contributed by atoms with Gasteiger partial charge in [-0.25, -0.2) is 0 Å². The third kappa shape index (κ3) is 5.27. The van der Waals surface area contributed by atoms with E-state index >= 15 is 0 Å². The predicted molar refractivity (Wildman–Crippen MR) is 99.1 cm³/mol. The van der Waals surface area contributed by atoms with Crippen LogP contribution in [-0.2, 0) is 22.6 Å². The van der Waals surface area contributed by atoms with Crippen molar-refractivity contribution >= 4 is 5.91 Å². The second-order valence-corrected chi connectivity index (χ2v) is 6.95. The fourth-order valence-electron chi connectivity index (χ4n) is 3.37. The van der Waals surface area contributed by atoms with Crippen LogP contribution in [0, 0.1) is 5.92 Å². The molecule has 1 aromatic rings. The second kappa shape index (κ2) is 9.32. The summed E-state index contributed by atoms with van der Waals surface area (Å²) in [5.74, 6) is -0.343. The van der Waals surface area contributed by atoms with Crippen LogP contribution in [0.1, 0.15) is 44.7 Å². The number of nitrogens with one attached hydrogen (secondary N) is 1. The Kier molecular flexibility index (Phi) is 7.41. The van der Waals surface area contributed by atoms with Gasteiger partial charge in [-0.2, -0.15) is 0 Å². The zero-order valence-corrected chi connectivity index (χ0v) is 15.8. The molecule has 0 radical (unpaired) electrons. The molecule has 0 spiro atoms. The maximum Gasteiger partial charge on any atom is 0.252 e. The molecule has 1 heterocycles. The molecule has 0 aromatic heterocycles. The van der Waals surface area contributed by atoms with Crippen LogP contribution in [0.25, 0.3) is 0 Å². The van der Waals surface area contributed by atoms with E-state index in [0.717, 1.165) is 38.0 Å². The average Bonchev–Trinajstić information content (AvgIpc) is 2.65. The third-order valence-corrected chi connectivity index (χ3v) is 5.32. The molecule has 1 saturated heterocycles. The molecule has 0 saturated carbocycles. The highest BCUT2D eigenvalue weighted by atomic mass is 16.5. The lowest BCUT2D eigenvalue weighted by atomic mass is 9.82. The van der Waals surface area contributed by atoms with Crippen molar-refractivity contribution in [3.05, 3.63) is 35.4 Å². The molecule has 2 rings (SSSR count). The van der Waals surface area contributed by atoms with Crippen molar-refractivity contribution in [2.45, 2.75) is 52.3 Å². The van der Waals surface area contributed by atoms with E-state index < -0.39 is 5.60 Å². The second-order valence-electron chi connectivity index (χ2n) is 6.95. The number of rotatable bonds is 8. The van der Waals surface area contributed by atoms with E-state index in [1.165, 1.54) is 5.56 Å². The number of hydrogen-bond acceptors (Lipinski definition) is 4. The van der Waals surface area contributed by atoms with Crippen LogP contribution in [0.2, 0.25) is 0 Å². The average molecular weight is 348 g/mol. The van der Waals surface area contributed by atoms with Gasteiger partial charge in [0.15, 0.2) is 0 Å². The Morgan fingerprint density at radius 2 is 1.84 bits per heavy atom. The summed E-state index contributed by atoms with van der Waals surface area (Å²) in [5.41, 5.74) is 0.972. The Hall–Kier alpha value is -1.43. The minimum atomic E-state index is -1.35. The Balaban J connectivity index is 1.99. The molecule has 0 aliphatic carbocycles. The molecule has 1 unspecified atom stereocenters. The smallest absolute Gasteiger partial charge is 0.252 e. The van der Waals surface area contributed by atoms with E-state index in [2.05, 4.69) is 30.1 Å². The Morgan fingerprint density at radius 3 is 2.44 bits per heavy atom. The normalized spacial score (nSPS) is 18.1.